The molecule has 1 aromatic carbocycles. The standard InChI is InChI=1S/C11H9ClN2O/c1-14-11(12)10(6-13-14)9-5-3-2-4-8(9)7-15/h2-7H,1H3. The van der Waals surface area contributed by atoms with Gasteiger partial charge in [0.25, 0.3) is 0 Å². The summed E-state index contributed by atoms with van der Waals surface area (Å²) >= 11 is 6.06. The molecule has 15 heavy (non-hydrogen) atoms. The van der Waals surface area contributed by atoms with Crippen molar-refractivity contribution < 1.29 is 4.79 Å². The first-order valence-corrected chi connectivity index (χ1v) is 4.84. The number of aryl methyl sites for hydroxylation is 1. The Morgan fingerprint density at radius 1 is 1.33 bits per heavy atom. The molecule has 0 bridgehead atoms. The van der Waals surface area contributed by atoms with Gasteiger partial charge in [0.1, 0.15) is 5.15 Å². The lowest BCUT2D eigenvalue weighted by Crippen LogP contribution is -1.89. The summed E-state index contributed by atoms with van der Waals surface area (Å²) in [5.41, 5.74) is 2.21. The first-order chi connectivity index (χ1) is 7.24. The molecule has 0 aliphatic carbocycles. The van der Waals surface area contributed by atoms with Gasteiger partial charge in [-0.25, -0.2) is 0 Å². The summed E-state index contributed by atoms with van der Waals surface area (Å²) in [5, 5.41) is 4.57. The molecule has 1 aromatic heterocycles. The number of hydrogen-bond donors (Lipinski definition) is 0. The number of halogens is 1. The largest absolute Gasteiger partial charge is 0.298 e. The summed E-state index contributed by atoms with van der Waals surface area (Å²) < 4.78 is 1.57. The van der Waals surface area contributed by atoms with E-state index in [0.717, 1.165) is 17.4 Å². The third-order valence-electron chi connectivity index (χ3n) is 2.24. The maximum atomic E-state index is 10.8. The van der Waals surface area contributed by atoms with Gasteiger partial charge in [0.05, 0.1) is 6.20 Å². The molecule has 0 aliphatic heterocycles. The fraction of sp³-hybridized carbons (Fsp3) is 0.0909. The van der Waals surface area contributed by atoms with Crippen LogP contribution in [0.25, 0.3) is 11.1 Å². The number of nitrogens with zero attached hydrogens (tertiary/aromatic N) is 2. The maximum Gasteiger partial charge on any atom is 0.150 e. The van der Waals surface area contributed by atoms with Crippen molar-refractivity contribution in [3.8, 4) is 11.1 Å². The van der Waals surface area contributed by atoms with Crippen molar-refractivity contribution in [1.82, 2.24) is 9.78 Å². The quantitative estimate of drug-likeness (QED) is 0.729. The Hall–Kier alpha value is -1.61. The van der Waals surface area contributed by atoms with Crippen molar-refractivity contribution in [2.24, 2.45) is 7.05 Å². The second-order valence-electron chi connectivity index (χ2n) is 3.18. The van der Waals surface area contributed by atoms with Gasteiger partial charge < -0.3 is 0 Å². The second-order valence-corrected chi connectivity index (χ2v) is 3.54. The SMILES string of the molecule is Cn1ncc(-c2ccccc2C=O)c1Cl. The summed E-state index contributed by atoms with van der Waals surface area (Å²) in [5.74, 6) is 0. The van der Waals surface area contributed by atoms with Gasteiger partial charge in [-0.3, -0.25) is 9.48 Å². The molecule has 0 unspecified atom stereocenters. The molecule has 0 aliphatic rings. The van der Waals surface area contributed by atoms with Gasteiger partial charge in [0.15, 0.2) is 6.29 Å². The van der Waals surface area contributed by atoms with Crippen LogP contribution in [0.15, 0.2) is 30.5 Å². The Morgan fingerprint density at radius 3 is 2.67 bits per heavy atom. The molecule has 0 saturated heterocycles. The van der Waals surface area contributed by atoms with Gasteiger partial charge >= 0.3 is 0 Å². The Balaban J connectivity index is 2.63. The number of aromatic nitrogens is 2. The van der Waals surface area contributed by atoms with Gasteiger partial charge in [-0.1, -0.05) is 35.9 Å². The van der Waals surface area contributed by atoms with Crippen LogP contribution in [0, 0.1) is 0 Å². The van der Waals surface area contributed by atoms with Crippen LogP contribution in [0.4, 0.5) is 0 Å². The highest BCUT2D eigenvalue weighted by atomic mass is 35.5. The molecule has 0 N–H and O–H groups in total. The zero-order valence-electron chi connectivity index (χ0n) is 8.14. The molecule has 0 amide bonds. The maximum absolute atomic E-state index is 10.8. The molecular formula is C11H9ClN2O. The highest BCUT2D eigenvalue weighted by molar-refractivity contribution is 6.32. The number of carbonyl (C=O) groups is 1. The molecule has 3 nitrogen and oxygen atoms in total. The molecule has 0 atom stereocenters. The first kappa shape index (κ1) is 9.93. The lowest BCUT2D eigenvalue weighted by atomic mass is 10.0. The summed E-state index contributed by atoms with van der Waals surface area (Å²) in [6, 6.07) is 7.29. The molecule has 0 fully saturated rings. The van der Waals surface area contributed by atoms with E-state index < -0.39 is 0 Å². The monoisotopic (exact) mass is 220 g/mol. The fourth-order valence-corrected chi connectivity index (χ4v) is 1.64. The Bertz CT molecular complexity index is 505. The number of rotatable bonds is 2. The normalized spacial score (nSPS) is 10.3. The highest BCUT2D eigenvalue weighted by Gasteiger charge is 2.11. The summed E-state index contributed by atoms with van der Waals surface area (Å²) in [6.07, 6.45) is 2.48. The van der Waals surface area contributed by atoms with Crippen LogP contribution in [0.2, 0.25) is 5.15 Å². The topological polar surface area (TPSA) is 34.9 Å². The van der Waals surface area contributed by atoms with Crippen LogP contribution in [-0.2, 0) is 7.05 Å². The summed E-state index contributed by atoms with van der Waals surface area (Å²) in [7, 11) is 1.76. The van der Waals surface area contributed by atoms with Crippen molar-refractivity contribution in [2.45, 2.75) is 0 Å². The zero-order chi connectivity index (χ0) is 10.8. The highest BCUT2D eigenvalue weighted by Crippen LogP contribution is 2.28. The average Bonchev–Trinajstić information content (AvgIpc) is 2.60. The van der Waals surface area contributed by atoms with E-state index in [1.54, 1.807) is 24.0 Å². The fourth-order valence-electron chi connectivity index (χ4n) is 1.45. The van der Waals surface area contributed by atoms with Crippen LogP contribution < -0.4 is 0 Å². The Labute approximate surface area is 92.3 Å². The van der Waals surface area contributed by atoms with Crippen LogP contribution in [-0.4, -0.2) is 16.1 Å². The molecule has 4 heteroatoms. The van der Waals surface area contributed by atoms with Crippen molar-refractivity contribution in [3.63, 3.8) is 0 Å². The lowest BCUT2D eigenvalue weighted by molar-refractivity contribution is 0.112. The second kappa shape index (κ2) is 3.87. The molecular weight excluding hydrogens is 212 g/mol. The van der Waals surface area contributed by atoms with Gasteiger partial charge in [-0.15, -0.1) is 0 Å². The van der Waals surface area contributed by atoms with E-state index in [-0.39, 0.29) is 0 Å². The lowest BCUT2D eigenvalue weighted by Gasteiger charge is -2.02. The summed E-state index contributed by atoms with van der Waals surface area (Å²) in [4.78, 5) is 10.8. The van der Waals surface area contributed by atoms with E-state index in [0.29, 0.717) is 10.7 Å². The predicted molar refractivity (Wildman–Crippen MR) is 59.0 cm³/mol. The van der Waals surface area contributed by atoms with Crippen molar-refractivity contribution in [3.05, 3.63) is 41.2 Å². The predicted octanol–water partition coefficient (Wildman–Crippen LogP) is 2.55. The van der Waals surface area contributed by atoms with Crippen molar-refractivity contribution in [1.29, 1.82) is 0 Å². The third-order valence-corrected chi connectivity index (χ3v) is 2.69. The minimum atomic E-state index is 0.532. The minimum absolute atomic E-state index is 0.532. The van der Waals surface area contributed by atoms with Gasteiger partial charge in [-0.2, -0.15) is 5.10 Å². The molecule has 1 heterocycles. The van der Waals surface area contributed by atoms with Crippen molar-refractivity contribution >= 4 is 17.9 Å². The molecule has 0 spiro atoms. The first-order valence-electron chi connectivity index (χ1n) is 4.46. The Morgan fingerprint density at radius 2 is 2.07 bits per heavy atom. The van der Waals surface area contributed by atoms with Crippen molar-refractivity contribution in [2.75, 3.05) is 0 Å². The van der Waals surface area contributed by atoms with Gasteiger partial charge in [0, 0.05) is 18.2 Å². The van der Waals surface area contributed by atoms with Gasteiger partial charge in [0.2, 0.25) is 0 Å². The number of benzene rings is 1. The molecule has 2 rings (SSSR count). The number of aldehydes is 1. The number of hydrogen-bond acceptors (Lipinski definition) is 2. The van der Waals surface area contributed by atoms with Crippen LogP contribution in [0.3, 0.4) is 0 Å². The van der Waals surface area contributed by atoms with Crippen LogP contribution in [0.5, 0.6) is 0 Å². The minimum Gasteiger partial charge on any atom is -0.298 e. The third kappa shape index (κ3) is 1.66. The average molecular weight is 221 g/mol. The van der Waals surface area contributed by atoms with Crippen LogP contribution >= 0.6 is 11.6 Å². The van der Waals surface area contributed by atoms with E-state index in [1.807, 2.05) is 18.2 Å². The smallest absolute Gasteiger partial charge is 0.150 e. The summed E-state index contributed by atoms with van der Waals surface area (Å²) in [6.45, 7) is 0. The van der Waals surface area contributed by atoms with E-state index in [4.69, 9.17) is 11.6 Å². The van der Waals surface area contributed by atoms with Gasteiger partial charge in [-0.05, 0) is 5.56 Å². The zero-order valence-corrected chi connectivity index (χ0v) is 8.90. The Kier molecular flexibility index (Phi) is 2.56. The van der Waals surface area contributed by atoms with E-state index in [2.05, 4.69) is 5.10 Å². The van der Waals surface area contributed by atoms with E-state index in [1.165, 1.54) is 0 Å². The molecule has 0 radical (unpaired) electrons. The molecule has 76 valence electrons. The number of carbonyl (C=O) groups excluding carboxylic acids is 1. The molecule has 2 aromatic rings. The van der Waals surface area contributed by atoms with E-state index in [9.17, 15) is 4.79 Å². The van der Waals surface area contributed by atoms with E-state index >= 15 is 0 Å². The molecule has 0 saturated carbocycles. The van der Waals surface area contributed by atoms with Crippen LogP contribution in [0.1, 0.15) is 10.4 Å².